The van der Waals surface area contributed by atoms with Gasteiger partial charge in [-0.25, -0.2) is 4.98 Å². The maximum Gasteiger partial charge on any atom is 0.252 e. The topological polar surface area (TPSA) is 96.1 Å². The number of aromatic nitrogens is 5. The molecule has 1 amide bonds. The Hall–Kier alpha value is -3.24. The van der Waals surface area contributed by atoms with E-state index >= 15 is 0 Å². The van der Waals surface area contributed by atoms with E-state index in [1.165, 1.54) is 11.3 Å². The van der Waals surface area contributed by atoms with Gasteiger partial charge in [0.25, 0.3) is 5.91 Å². The molecular weight excluding hydrogens is 416 g/mol. The highest BCUT2D eigenvalue weighted by molar-refractivity contribution is 7.10. The molecule has 0 unspecified atom stereocenters. The van der Waals surface area contributed by atoms with Crippen LogP contribution in [0.3, 0.4) is 0 Å². The summed E-state index contributed by atoms with van der Waals surface area (Å²) in [4.78, 5) is 22.5. The Morgan fingerprint density at radius 2 is 2.16 bits per heavy atom. The van der Waals surface area contributed by atoms with Gasteiger partial charge in [-0.3, -0.25) is 9.48 Å². The fourth-order valence-corrected chi connectivity index (χ4v) is 4.08. The van der Waals surface area contributed by atoms with Crippen LogP contribution in [0.4, 0.5) is 0 Å². The van der Waals surface area contributed by atoms with E-state index in [0.717, 1.165) is 21.6 Å². The van der Waals surface area contributed by atoms with Crippen LogP contribution in [0.5, 0.6) is 5.88 Å². The summed E-state index contributed by atoms with van der Waals surface area (Å²) in [6.07, 6.45) is 6.14. The number of nitrogens with one attached hydrogen (secondary N) is 1. The lowest BCUT2D eigenvalue weighted by molar-refractivity contribution is 0.0956. The molecule has 9 nitrogen and oxygen atoms in total. The first kappa shape index (κ1) is 21.0. The van der Waals surface area contributed by atoms with Crippen molar-refractivity contribution in [2.24, 2.45) is 7.05 Å². The first-order valence-electron chi connectivity index (χ1n) is 9.93. The number of nitrogens with zero attached hydrogens (tertiary/aromatic N) is 5. The Morgan fingerprint density at radius 3 is 2.90 bits per heavy atom. The number of fused-ring (bicyclic) bond motifs is 1. The SMILES string of the molecule is CCNC(=O)c1csc(Cc2nc(OCCOC)c3c(ccn3-c3cnn(C)c3)n2)c1. The lowest BCUT2D eigenvalue weighted by atomic mass is 10.2. The molecule has 4 aromatic rings. The fraction of sp³-hybridized carbons (Fsp3) is 0.333. The minimum Gasteiger partial charge on any atom is -0.474 e. The number of hydrogen-bond donors (Lipinski definition) is 1. The normalized spacial score (nSPS) is 11.2. The molecule has 0 aliphatic heterocycles. The molecule has 4 rings (SSSR count). The van der Waals surface area contributed by atoms with E-state index in [9.17, 15) is 4.79 Å². The number of amides is 1. The number of methoxy groups -OCH3 is 1. The number of rotatable bonds is 9. The van der Waals surface area contributed by atoms with E-state index in [1.54, 1.807) is 18.0 Å². The van der Waals surface area contributed by atoms with Crippen molar-refractivity contribution in [3.63, 3.8) is 0 Å². The lowest BCUT2D eigenvalue weighted by Crippen LogP contribution is -2.21. The van der Waals surface area contributed by atoms with Crippen LogP contribution in [-0.4, -0.2) is 57.1 Å². The number of carbonyl (C=O) groups is 1. The van der Waals surface area contributed by atoms with Gasteiger partial charge in [-0.15, -0.1) is 11.3 Å². The highest BCUT2D eigenvalue weighted by Gasteiger charge is 2.17. The van der Waals surface area contributed by atoms with E-state index in [1.807, 2.05) is 48.4 Å². The van der Waals surface area contributed by atoms with Crippen molar-refractivity contribution in [2.75, 3.05) is 26.9 Å². The first-order chi connectivity index (χ1) is 15.1. The minimum absolute atomic E-state index is 0.0708. The Bertz CT molecular complexity index is 1200. The molecule has 4 heterocycles. The predicted molar refractivity (Wildman–Crippen MR) is 118 cm³/mol. The van der Waals surface area contributed by atoms with Crippen LogP contribution < -0.4 is 10.1 Å². The highest BCUT2D eigenvalue weighted by Crippen LogP contribution is 2.28. The molecule has 0 fully saturated rings. The van der Waals surface area contributed by atoms with Crippen molar-refractivity contribution in [3.05, 3.63) is 52.4 Å². The number of hydrogen-bond acceptors (Lipinski definition) is 7. The molecule has 0 radical (unpaired) electrons. The molecule has 0 aliphatic carbocycles. The second-order valence-electron chi connectivity index (χ2n) is 6.92. The van der Waals surface area contributed by atoms with Crippen molar-refractivity contribution < 1.29 is 14.3 Å². The van der Waals surface area contributed by atoms with Gasteiger partial charge in [0.2, 0.25) is 5.88 Å². The zero-order chi connectivity index (χ0) is 21.8. The third-order valence-corrected chi connectivity index (χ3v) is 5.57. The van der Waals surface area contributed by atoms with Gasteiger partial charge in [0.15, 0.2) is 0 Å². The van der Waals surface area contributed by atoms with Crippen LogP contribution >= 0.6 is 11.3 Å². The maximum absolute atomic E-state index is 12.0. The second kappa shape index (κ2) is 9.27. The van der Waals surface area contributed by atoms with Crippen molar-refractivity contribution >= 4 is 28.3 Å². The number of carbonyl (C=O) groups excluding carboxylic acids is 1. The molecule has 0 aliphatic rings. The molecule has 0 aromatic carbocycles. The van der Waals surface area contributed by atoms with Crippen LogP contribution in [0.25, 0.3) is 16.7 Å². The quantitative estimate of drug-likeness (QED) is 0.402. The maximum atomic E-state index is 12.0. The second-order valence-corrected chi connectivity index (χ2v) is 7.91. The fourth-order valence-electron chi connectivity index (χ4n) is 3.22. The van der Waals surface area contributed by atoms with E-state index in [4.69, 9.17) is 19.4 Å². The van der Waals surface area contributed by atoms with Gasteiger partial charge in [-0.1, -0.05) is 0 Å². The van der Waals surface area contributed by atoms with Crippen LogP contribution in [0.2, 0.25) is 0 Å². The summed E-state index contributed by atoms with van der Waals surface area (Å²) in [5.74, 6) is 1.05. The van der Waals surface area contributed by atoms with Gasteiger partial charge in [0.05, 0.1) is 29.6 Å². The molecule has 162 valence electrons. The van der Waals surface area contributed by atoms with E-state index in [2.05, 4.69) is 10.4 Å². The van der Waals surface area contributed by atoms with Crippen LogP contribution in [0.15, 0.2) is 36.1 Å². The Morgan fingerprint density at radius 1 is 1.29 bits per heavy atom. The summed E-state index contributed by atoms with van der Waals surface area (Å²) in [5.41, 5.74) is 3.11. The molecule has 0 saturated carbocycles. The Kier molecular flexibility index (Phi) is 6.28. The lowest BCUT2D eigenvalue weighted by Gasteiger charge is -2.10. The van der Waals surface area contributed by atoms with Crippen molar-refractivity contribution in [3.8, 4) is 11.6 Å². The Labute approximate surface area is 183 Å². The van der Waals surface area contributed by atoms with Crippen LogP contribution in [0.1, 0.15) is 28.0 Å². The standard InChI is InChI=1S/C21H24N6O3S/c1-4-22-20(28)14-9-16(31-13-14)10-18-24-17-5-6-27(15-11-23-26(2)12-15)19(17)21(25-18)30-8-7-29-3/h5-6,9,11-13H,4,7-8,10H2,1-3H3,(H,22,28). The molecule has 0 spiro atoms. The zero-order valence-corrected chi connectivity index (χ0v) is 18.5. The zero-order valence-electron chi connectivity index (χ0n) is 17.7. The van der Waals surface area contributed by atoms with Crippen LogP contribution in [-0.2, 0) is 18.2 Å². The van der Waals surface area contributed by atoms with E-state index in [-0.39, 0.29) is 5.91 Å². The molecule has 0 bridgehead atoms. The summed E-state index contributed by atoms with van der Waals surface area (Å²) in [5, 5.41) is 8.92. The number of ether oxygens (including phenoxy) is 2. The monoisotopic (exact) mass is 440 g/mol. The Balaban J connectivity index is 1.68. The summed E-state index contributed by atoms with van der Waals surface area (Å²) < 4.78 is 14.8. The summed E-state index contributed by atoms with van der Waals surface area (Å²) in [6.45, 7) is 3.33. The smallest absolute Gasteiger partial charge is 0.252 e. The number of thiophene rings is 1. The summed E-state index contributed by atoms with van der Waals surface area (Å²) in [6, 6.07) is 3.82. The number of aryl methyl sites for hydroxylation is 1. The molecule has 0 atom stereocenters. The van der Waals surface area contributed by atoms with Crippen molar-refractivity contribution in [1.82, 2.24) is 29.6 Å². The van der Waals surface area contributed by atoms with Gasteiger partial charge in [-0.05, 0) is 19.1 Å². The third kappa shape index (κ3) is 4.59. The average molecular weight is 441 g/mol. The largest absolute Gasteiger partial charge is 0.474 e. The first-order valence-corrected chi connectivity index (χ1v) is 10.8. The van der Waals surface area contributed by atoms with Gasteiger partial charge in [0, 0.05) is 49.8 Å². The van der Waals surface area contributed by atoms with Gasteiger partial charge < -0.3 is 19.4 Å². The highest BCUT2D eigenvalue weighted by atomic mass is 32.1. The van der Waals surface area contributed by atoms with Crippen molar-refractivity contribution in [2.45, 2.75) is 13.3 Å². The van der Waals surface area contributed by atoms with E-state index < -0.39 is 0 Å². The van der Waals surface area contributed by atoms with Crippen molar-refractivity contribution in [1.29, 1.82) is 0 Å². The van der Waals surface area contributed by atoms with Gasteiger partial charge in [0.1, 0.15) is 17.9 Å². The van der Waals surface area contributed by atoms with Crippen LogP contribution in [0, 0.1) is 0 Å². The summed E-state index contributed by atoms with van der Waals surface area (Å²) >= 11 is 1.52. The molecule has 10 heteroatoms. The molecule has 31 heavy (non-hydrogen) atoms. The van der Waals surface area contributed by atoms with Gasteiger partial charge >= 0.3 is 0 Å². The van der Waals surface area contributed by atoms with Gasteiger partial charge in [-0.2, -0.15) is 10.1 Å². The molecule has 4 aromatic heterocycles. The minimum atomic E-state index is -0.0708. The third-order valence-electron chi connectivity index (χ3n) is 4.63. The average Bonchev–Trinajstić information content (AvgIpc) is 3.48. The van der Waals surface area contributed by atoms with E-state index in [0.29, 0.717) is 43.4 Å². The summed E-state index contributed by atoms with van der Waals surface area (Å²) in [7, 11) is 3.50. The molecule has 0 saturated heterocycles. The predicted octanol–water partition coefficient (Wildman–Crippen LogP) is 2.58. The molecule has 1 N–H and O–H groups in total. The molecular formula is C21H24N6O3S.